The summed E-state index contributed by atoms with van der Waals surface area (Å²) in [5, 5.41) is 5.74. The van der Waals surface area contributed by atoms with E-state index in [0.717, 1.165) is 11.2 Å². The summed E-state index contributed by atoms with van der Waals surface area (Å²) in [6, 6.07) is 8.22. The van der Waals surface area contributed by atoms with Crippen LogP contribution in [0.2, 0.25) is 0 Å². The lowest BCUT2D eigenvalue weighted by molar-refractivity contribution is 0.101. The van der Waals surface area contributed by atoms with Gasteiger partial charge in [-0.15, -0.1) is 0 Å². The maximum atomic E-state index is 6.26. The standard InChI is InChI=1S/C14H21N3O/c1-4-18-10-14(2,15)9-12-11-7-5-6-8-13(11)17(3)16-12/h5-8H,4,9-10,15H2,1-3H3. The molecular formula is C14H21N3O. The Bertz CT molecular complexity index is 531. The van der Waals surface area contributed by atoms with E-state index in [4.69, 9.17) is 10.5 Å². The molecule has 98 valence electrons. The molecule has 0 saturated heterocycles. The van der Waals surface area contributed by atoms with Crippen LogP contribution >= 0.6 is 0 Å². The summed E-state index contributed by atoms with van der Waals surface area (Å²) in [6.07, 6.45) is 0.717. The second-order valence-electron chi connectivity index (χ2n) is 5.06. The number of hydrogen-bond donors (Lipinski definition) is 1. The number of nitrogens with two attached hydrogens (primary N) is 1. The van der Waals surface area contributed by atoms with Crippen LogP contribution in [0.5, 0.6) is 0 Å². The lowest BCUT2D eigenvalue weighted by Crippen LogP contribution is -2.43. The Balaban J connectivity index is 2.26. The van der Waals surface area contributed by atoms with Crippen molar-refractivity contribution in [2.24, 2.45) is 12.8 Å². The lowest BCUT2D eigenvalue weighted by atomic mass is 9.96. The van der Waals surface area contributed by atoms with Crippen LogP contribution in [0, 0.1) is 0 Å². The topological polar surface area (TPSA) is 53.1 Å². The molecule has 2 N–H and O–H groups in total. The van der Waals surface area contributed by atoms with E-state index in [-0.39, 0.29) is 5.54 Å². The molecule has 0 fully saturated rings. The quantitative estimate of drug-likeness (QED) is 0.877. The van der Waals surface area contributed by atoms with Gasteiger partial charge in [-0.25, -0.2) is 0 Å². The van der Waals surface area contributed by atoms with Crippen LogP contribution in [0.15, 0.2) is 24.3 Å². The summed E-state index contributed by atoms with van der Waals surface area (Å²) in [7, 11) is 1.96. The Morgan fingerprint density at radius 2 is 2.11 bits per heavy atom. The first-order valence-corrected chi connectivity index (χ1v) is 6.31. The minimum absolute atomic E-state index is 0.382. The van der Waals surface area contributed by atoms with Gasteiger partial charge in [0.2, 0.25) is 0 Å². The van der Waals surface area contributed by atoms with Crippen LogP contribution in [0.1, 0.15) is 19.5 Å². The fourth-order valence-corrected chi connectivity index (χ4v) is 2.19. The maximum Gasteiger partial charge on any atom is 0.0722 e. The van der Waals surface area contributed by atoms with Gasteiger partial charge in [0.25, 0.3) is 0 Å². The molecule has 2 rings (SSSR count). The van der Waals surface area contributed by atoms with Gasteiger partial charge in [-0.05, 0) is 19.9 Å². The van der Waals surface area contributed by atoms with Gasteiger partial charge in [0.1, 0.15) is 0 Å². The molecule has 1 unspecified atom stereocenters. The molecule has 0 spiro atoms. The molecule has 0 saturated carbocycles. The van der Waals surface area contributed by atoms with Crippen molar-refractivity contribution in [3.63, 3.8) is 0 Å². The fourth-order valence-electron chi connectivity index (χ4n) is 2.19. The summed E-state index contributed by atoms with van der Waals surface area (Å²) >= 11 is 0. The number of aryl methyl sites for hydroxylation is 1. The predicted octanol–water partition coefficient (Wildman–Crippen LogP) is 1.87. The monoisotopic (exact) mass is 247 g/mol. The third-order valence-electron chi connectivity index (χ3n) is 3.04. The third kappa shape index (κ3) is 2.71. The van der Waals surface area contributed by atoms with E-state index in [2.05, 4.69) is 17.2 Å². The van der Waals surface area contributed by atoms with Crippen molar-refractivity contribution in [3.8, 4) is 0 Å². The van der Waals surface area contributed by atoms with E-state index >= 15 is 0 Å². The number of rotatable bonds is 5. The molecule has 0 radical (unpaired) electrons. The summed E-state index contributed by atoms with van der Waals surface area (Å²) in [5.41, 5.74) is 8.06. The van der Waals surface area contributed by atoms with E-state index in [1.54, 1.807) is 0 Å². The smallest absolute Gasteiger partial charge is 0.0722 e. The van der Waals surface area contributed by atoms with Gasteiger partial charge in [0.05, 0.1) is 17.8 Å². The Morgan fingerprint density at radius 1 is 1.39 bits per heavy atom. The highest BCUT2D eigenvalue weighted by atomic mass is 16.5. The highest BCUT2D eigenvalue weighted by molar-refractivity contribution is 5.81. The van der Waals surface area contributed by atoms with Gasteiger partial charge < -0.3 is 10.5 Å². The first kappa shape index (κ1) is 13.1. The molecule has 18 heavy (non-hydrogen) atoms. The van der Waals surface area contributed by atoms with E-state index < -0.39 is 0 Å². The van der Waals surface area contributed by atoms with E-state index in [1.807, 2.05) is 37.7 Å². The van der Waals surface area contributed by atoms with Crippen molar-refractivity contribution in [2.45, 2.75) is 25.8 Å². The van der Waals surface area contributed by atoms with Gasteiger partial charge in [-0.1, -0.05) is 18.2 Å². The fraction of sp³-hybridized carbons (Fsp3) is 0.500. The SMILES string of the molecule is CCOCC(C)(N)Cc1nn(C)c2ccccc12. The van der Waals surface area contributed by atoms with Gasteiger partial charge in [0, 0.05) is 31.0 Å². The van der Waals surface area contributed by atoms with Gasteiger partial charge in [-0.3, -0.25) is 4.68 Å². The zero-order valence-electron chi connectivity index (χ0n) is 11.3. The van der Waals surface area contributed by atoms with Crippen LogP contribution < -0.4 is 5.73 Å². The molecule has 0 aliphatic carbocycles. The molecule has 4 nitrogen and oxygen atoms in total. The number of hydrogen-bond acceptors (Lipinski definition) is 3. The van der Waals surface area contributed by atoms with Gasteiger partial charge in [-0.2, -0.15) is 5.10 Å². The zero-order chi connectivity index (χ0) is 13.2. The largest absolute Gasteiger partial charge is 0.380 e. The van der Waals surface area contributed by atoms with Crippen LogP contribution in [0.4, 0.5) is 0 Å². The Hall–Kier alpha value is -1.39. The average Bonchev–Trinajstić information content (AvgIpc) is 2.64. The molecule has 0 amide bonds. The molecule has 1 aromatic heterocycles. The Kier molecular flexibility index (Phi) is 3.68. The summed E-state index contributed by atoms with van der Waals surface area (Å²) < 4.78 is 7.33. The van der Waals surface area contributed by atoms with Crippen molar-refractivity contribution in [1.82, 2.24) is 9.78 Å². The summed E-state index contributed by atoms with van der Waals surface area (Å²) in [4.78, 5) is 0. The third-order valence-corrected chi connectivity index (χ3v) is 3.04. The molecule has 4 heteroatoms. The summed E-state index contributed by atoms with van der Waals surface area (Å²) in [5.74, 6) is 0. The first-order valence-electron chi connectivity index (χ1n) is 6.31. The number of ether oxygens (including phenoxy) is 1. The van der Waals surface area contributed by atoms with Crippen molar-refractivity contribution in [1.29, 1.82) is 0 Å². The molecule has 1 aromatic carbocycles. The Morgan fingerprint density at radius 3 is 2.83 bits per heavy atom. The molecule has 2 aromatic rings. The van der Waals surface area contributed by atoms with Crippen molar-refractivity contribution in [3.05, 3.63) is 30.0 Å². The minimum Gasteiger partial charge on any atom is -0.380 e. The van der Waals surface area contributed by atoms with E-state index in [0.29, 0.717) is 19.6 Å². The van der Waals surface area contributed by atoms with E-state index in [9.17, 15) is 0 Å². The van der Waals surface area contributed by atoms with Crippen LogP contribution in [-0.2, 0) is 18.2 Å². The predicted molar refractivity (Wildman–Crippen MR) is 73.5 cm³/mol. The Labute approximate surface area is 108 Å². The van der Waals surface area contributed by atoms with Gasteiger partial charge >= 0.3 is 0 Å². The number of nitrogens with zero attached hydrogens (tertiary/aromatic N) is 2. The number of fused-ring (bicyclic) bond motifs is 1. The average molecular weight is 247 g/mol. The van der Waals surface area contributed by atoms with E-state index in [1.165, 1.54) is 5.39 Å². The van der Waals surface area contributed by atoms with Crippen LogP contribution in [-0.4, -0.2) is 28.5 Å². The second kappa shape index (κ2) is 5.08. The molecule has 0 aliphatic rings. The van der Waals surface area contributed by atoms with Gasteiger partial charge in [0.15, 0.2) is 0 Å². The van der Waals surface area contributed by atoms with Crippen molar-refractivity contribution >= 4 is 10.9 Å². The van der Waals surface area contributed by atoms with Crippen molar-refractivity contribution in [2.75, 3.05) is 13.2 Å². The molecule has 0 bridgehead atoms. The summed E-state index contributed by atoms with van der Waals surface area (Å²) in [6.45, 7) is 5.22. The molecule has 1 atom stereocenters. The zero-order valence-corrected chi connectivity index (χ0v) is 11.3. The minimum atomic E-state index is -0.382. The molecule has 0 aliphatic heterocycles. The van der Waals surface area contributed by atoms with Crippen LogP contribution in [0.3, 0.4) is 0 Å². The lowest BCUT2D eigenvalue weighted by Gasteiger charge is -2.23. The van der Waals surface area contributed by atoms with Crippen molar-refractivity contribution < 1.29 is 4.74 Å². The highest BCUT2D eigenvalue weighted by Gasteiger charge is 2.22. The molecule has 1 heterocycles. The maximum absolute atomic E-state index is 6.26. The highest BCUT2D eigenvalue weighted by Crippen LogP contribution is 2.21. The molecular weight excluding hydrogens is 226 g/mol. The first-order chi connectivity index (χ1) is 8.53. The number of benzene rings is 1. The van der Waals surface area contributed by atoms with Crippen LogP contribution in [0.25, 0.3) is 10.9 Å². The second-order valence-corrected chi connectivity index (χ2v) is 5.06. The normalized spacial score (nSPS) is 14.9. The number of aromatic nitrogens is 2. The number of para-hydroxylation sites is 1.